The van der Waals surface area contributed by atoms with Crippen LogP contribution in [-0.4, -0.2) is 36.6 Å². The summed E-state index contributed by atoms with van der Waals surface area (Å²) < 4.78 is 31.0. The van der Waals surface area contributed by atoms with E-state index in [-0.39, 0.29) is 18.4 Å². The van der Waals surface area contributed by atoms with Crippen molar-refractivity contribution in [1.82, 2.24) is 0 Å². The van der Waals surface area contributed by atoms with Crippen molar-refractivity contribution in [1.29, 1.82) is 0 Å². The first kappa shape index (κ1) is 17.9. The Morgan fingerprint density at radius 1 is 1.32 bits per heavy atom. The minimum absolute atomic E-state index is 0.150. The lowest BCUT2D eigenvalue weighted by Gasteiger charge is -2.32. The SMILES string of the molecule is CCC[C@H]1C2CC(OC(C)=O)[C@@H](COC(=O)c3ccccc3)OC21F. The van der Waals surface area contributed by atoms with Crippen LogP contribution >= 0.6 is 0 Å². The summed E-state index contributed by atoms with van der Waals surface area (Å²) in [6, 6.07) is 8.54. The van der Waals surface area contributed by atoms with Crippen molar-refractivity contribution in [3.8, 4) is 0 Å². The highest BCUT2D eigenvalue weighted by Crippen LogP contribution is 2.62. The van der Waals surface area contributed by atoms with Gasteiger partial charge in [0.1, 0.15) is 18.8 Å². The monoisotopic (exact) mass is 350 g/mol. The molecule has 0 N–H and O–H groups in total. The Hall–Kier alpha value is -1.95. The van der Waals surface area contributed by atoms with Crippen LogP contribution in [0.2, 0.25) is 0 Å². The minimum atomic E-state index is -1.68. The smallest absolute Gasteiger partial charge is 0.338 e. The molecule has 2 aliphatic rings. The van der Waals surface area contributed by atoms with Crippen molar-refractivity contribution in [3.63, 3.8) is 0 Å². The highest BCUT2D eigenvalue weighted by Gasteiger charge is 2.71. The average Bonchev–Trinajstić information content (AvgIpc) is 3.16. The molecule has 1 saturated heterocycles. The zero-order chi connectivity index (χ0) is 18.0. The summed E-state index contributed by atoms with van der Waals surface area (Å²) in [5, 5.41) is 0. The number of hydrogen-bond acceptors (Lipinski definition) is 5. The van der Waals surface area contributed by atoms with E-state index >= 15 is 0 Å². The van der Waals surface area contributed by atoms with Crippen LogP contribution in [-0.2, 0) is 19.0 Å². The number of hydrogen-bond donors (Lipinski definition) is 0. The van der Waals surface area contributed by atoms with Gasteiger partial charge in [-0.1, -0.05) is 31.5 Å². The first-order valence-corrected chi connectivity index (χ1v) is 8.71. The van der Waals surface area contributed by atoms with Crippen molar-refractivity contribution in [2.45, 2.75) is 51.2 Å². The molecule has 5 atom stereocenters. The largest absolute Gasteiger partial charge is 0.460 e. The molecule has 136 valence electrons. The van der Waals surface area contributed by atoms with Crippen LogP contribution in [0.1, 0.15) is 43.5 Å². The van der Waals surface area contributed by atoms with E-state index in [2.05, 4.69) is 0 Å². The molecule has 6 heteroatoms. The number of alkyl halides is 1. The highest BCUT2D eigenvalue weighted by molar-refractivity contribution is 5.89. The number of rotatable bonds is 6. The van der Waals surface area contributed by atoms with Gasteiger partial charge >= 0.3 is 11.9 Å². The molecule has 1 aromatic rings. The summed E-state index contributed by atoms with van der Waals surface area (Å²) >= 11 is 0. The standard InChI is InChI=1S/C19H23FO5/c1-3-7-14-15-10-16(24-12(2)21)17(25-19(14,15)20)11-23-18(22)13-8-5-4-6-9-13/h4-6,8-9,14-17H,3,7,10-11H2,1-2H3/t14-,15?,16?,17+,19?/m0/s1. The van der Waals surface area contributed by atoms with E-state index in [1.54, 1.807) is 30.3 Å². The molecule has 1 aliphatic carbocycles. The zero-order valence-electron chi connectivity index (χ0n) is 14.4. The molecule has 5 nitrogen and oxygen atoms in total. The Bertz CT molecular complexity index is 634. The second-order valence-electron chi connectivity index (χ2n) is 6.70. The molecule has 0 aromatic heterocycles. The molecule has 1 heterocycles. The predicted molar refractivity (Wildman–Crippen MR) is 87.5 cm³/mol. The second kappa shape index (κ2) is 7.12. The molecule has 0 amide bonds. The molecular weight excluding hydrogens is 327 g/mol. The first-order valence-electron chi connectivity index (χ1n) is 8.71. The van der Waals surface area contributed by atoms with E-state index in [1.807, 2.05) is 6.92 Å². The van der Waals surface area contributed by atoms with Gasteiger partial charge in [-0.15, -0.1) is 0 Å². The summed E-state index contributed by atoms with van der Waals surface area (Å²) in [7, 11) is 0. The van der Waals surface area contributed by atoms with Gasteiger partial charge in [0.15, 0.2) is 0 Å². The Balaban J connectivity index is 1.64. The van der Waals surface area contributed by atoms with Gasteiger partial charge in [-0.2, -0.15) is 0 Å². The van der Waals surface area contributed by atoms with E-state index in [4.69, 9.17) is 14.2 Å². The molecule has 1 aromatic carbocycles. The Labute approximate surface area is 146 Å². The van der Waals surface area contributed by atoms with Crippen molar-refractivity contribution >= 4 is 11.9 Å². The molecule has 25 heavy (non-hydrogen) atoms. The van der Waals surface area contributed by atoms with E-state index in [0.717, 1.165) is 12.8 Å². The molecule has 0 radical (unpaired) electrons. The minimum Gasteiger partial charge on any atom is -0.460 e. The van der Waals surface area contributed by atoms with Crippen LogP contribution in [0.25, 0.3) is 0 Å². The lowest BCUT2D eigenvalue weighted by molar-refractivity contribution is -0.208. The summed E-state index contributed by atoms with van der Waals surface area (Å²) in [4.78, 5) is 23.4. The van der Waals surface area contributed by atoms with E-state index in [9.17, 15) is 14.0 Å². The Kier molecular flexibility index (Phi) is 5.08. The maximum atomic E-state index is 14.9. The fourth-order valence-corrected chi connectivity index (χ4v) is 3.68. The predicted octanol–water partition coefficient (Wildman–Crippen LogP) is 3.28. The normalized spacial score (nSPS) is 33.2. The van der Waals surface area contributed by atoms with Gasteiger partial charge < -0.3 is 14.2 Å². The number of benzene rings is 1. The quantitative estimate of drug-likeness (QED) is 0.737. The Morgan fingerprint density at radius 3 is 2.68 bits per heavy atom. The third-order valence-electron chi connectivity index (χ3n) is 4.93. The first-order chi connectivity index (χ1) is 12.0. The molecule has 3 rings (SSSR count). The van der Waals surface area contributed by atoms with Crippen molar-refractivity contribution in [3.05, 3.63) is 35.9 Å². The summed E-state index contributed by atoms with van der Waals surface area (Å²) in [5.74, 6) is -3.08. The number of ether oxygens (including phenoxy) is 3. The number of carbonyl (C=O) groups excluding carboxylic acids is 2. The molecule has 1 aliphatic heterocycles. The van der Waals surface area contributed by atoms with E-state index in [1.165, 1.54) is 6.92 Å². The van der Waals surface area contributed by atoms with Gasteiger partial charge in [-0.25, -0.2) is 9.18 Å². The molecule has 0 spiro atoms. The third kappa shape index (κ3) is 3.68. The molecular formula is C19H23FO5. The van der Waals surface area contributed by atoms with Crippen LogP contribution in [0.3, 0.4) is 0 Å². The topological polar surface area (TPSA) is 61.8 Å². The maximum absolute atomic E-state index is 14.9. The molecule has 0 bridgehead atoms. The summed E-state index contributed by atoms with van der Waals surface area (Å²) in [5.41, 5.74) is 0.408. The van der Waals surface area contributed by atoms with E-state index < -0.39 is 30.0 Å². The van der Waals surface area contributed by atoms with Gasteiger partial charge in [-0.05, 0) is 25.0 Å². The van der Waals surface area contributed by atoms with Crippen LogP contribution < -0.4 is 0 Å². The van der Waals surface area contributed by atoms with Crippen LogP contribution in [0, 0.1) is 11.8 Å². The van der Waals surface area contributed by atoms with Crippen molar-refractivity contribution in [2.75, 3.05) is 6.61 Å². The van der Waals surface area contributed by atoms with E-state index in [0.29, 0.717) is 12.0 Å². The van der Waals surface area contributed by atoms with Crippen molar-refractivity contribution < 1.29 is 28.2 Å². The zero-order valence-corrected chi connectivity index (χ0v) is 14.4. The summed E-state index contributed by atoms with van der Waals surface area (Å²) in [6.07, 6.45) is 0.595. The fourth-order valence-electron chi connectivity index (χ4n) is 3.68. The Morgan fingerprint density at radius 2 is 2.04 bits per heavy atom. The number of halogens is 1. The van der Waals surface area contributed by atoms with Gasteiger partial charge in [0, 0.05) is 18.8 Å². The highest BCUT2D eigenvalue weighted by atomic mass is 19.2. The van der Waals surface area contributed by atoms with Crippen molar-refractivity contribution in [2.24, 2.45) is 11.8 Å². The van der Waals surface area contributed by atoms with Gasteiger partial charge in [-0.3, -0.25) is 4.79 Å². The van der Waals surface area contributed by atoms with Gasteiger partial charge in [0.05, 0.1) is 5.56 Å². The fraction of sp³-hybridized carbons (Fsp3) is 0.579. The van der Waals surface area contributed by atoms with Crippen LogP contribution in [0.5, 0.6) is 0 Å². The number of fused-ring (bicyclic) bond motifs is 1. The summed E-state index contributed by atoms with van der Waals surface area (Å²) in [6.45, 7) is 3.15. The lowest BCUT2D eigenvalue weighted by atomic mass is 10.0. The van der Waals surface area contributed by atoms with Crippen LogP contribution in [0.4, 0.5) is 4.39 Å². The second-order valence-corrected chi connectivity index (χ2v) is 6.70. The lowest BCUT2D eigenvalue weighted by Crippen LogP contribution is -2.44. The third-order valence-corrected chi connectivity index (χ3v) is 4.93. The maximum Gasteiger partial charge on any atom is 0.338 e. The molecule has 3 unspecified atom stereocenters. The average molecular weight is 350 g/mol. The number of carbonyl (C=O) groups is 2. The van der Waals surface area contributed by atoms with Gasteiger partial charge in [0.25, 0.3) is 0 Å². The van der Waals surface area contributed by atoms with Crippen LogP contribution in [0.15, 0.2) is 30.3 Å². The van der Waals surface area contributed by atoms with Gasteiger partial charge in [0.2, 0.25) is 5.85 Å². The number of esters is 2. The molecule has 2 fully saturated rings. The molecule has 1 saturated carbocycles.